The van der Waals surface area contributed by atoms with E-state index in [0.29, 0.717) is 29.7 Å². The van der Waals surface area contributed by atoms with Crippen molar-refractivity contribution in [3.05, 3.63) is 17.5 Å². The van der Waals surface area contributed by atoms with E-state index in [1.807, 2.05) is 0 Å². The summed E-state index contributed by atoms with van der Waals surface area (Å²) in [5, 5.41) is 17.5. The second kappa shape index (κ2) is 5.30. The molecule has 104 valence electrons. The summed E-state index contributed by atoms with van der Waals surface area (Å²) in [7, 11) is 0. The van der Waals surface area contributed by atoms with E-state index in [0.717, 1.165) is 0 Å². The molecule has 0 spiro atoms. The molecule has 2 aromatic rings. The molecule has 1 unspecified atom stereocenters. The Morgan fingerprint density at radius 1 is 1.47 bits per heavy atom. The number of aromatic nitrogens is 4. The predicted molar refractivity (Wildman–Crippen MR) is 74.4 cm³/mol. The van der Waals surface area contributed by atoms with Crippen LogP contribution < -0.4 is 5.32 Å². The van der Waals surface area contributed by atoms with Crippen LogP contribution in [-0.2, 0) is 0 Å². The highest BCUT2D eigenvalue weighted by Gasteiger charge is 2.17. The Kier molecular flexibility index (Phi) is 3.91. The number of hydrogen-bond donors (Lipinski definition) is 2. The molecule has 7 heteroatoms. The minimum atomic E-state index is -0.439. The molecule has 0 amide bonds. The number of rotatable bonds is 4. The smallest absolute Gasteiger partial charge is 0.255 e. The molecule has 2 N–H and O–H groups in total. The number of hydrogen-bond acceptors (Lipinski definition) is 5. The lowest BCUT2D eigenvalue weighted by molar-refractivity contribution is 0.132. The summed E-state index contributed by atoms with van der Waals surface area (Å²) in [4.78, 5) is 8.02. The van der Waals surface area contributed by atoms with Crippen LogP contribution in [0.1, 0.15) is 27.2 Å². The average molecular weight is 284 g/mol. The molecule has 2 aromatic heterocycles. The highest BCUT2D eigenvalue weighted by atomic mass is 35.5. The van der Waals surface area contributed by atoms with E-state index in [4.69, 9.17) is 11.6 Å². The molecule has 0 aliphatic carbocycles. The van der Waals surface area contributed by atoms with E-state index in [-0.39, 0.29) is 5.41 Å². The van der Waals surface area contributed by atoms with E-state index in [2.05, 4.69) is 41.2 Å². The molecule has 19 heavy (non-hydrogen) atoms. The largest absolute Gasteiger partial charge is 0.391 e. The van der Waals surface area contributed by atoms with Crippen LogP contribution in [0.3, 0.4) is 0 Å². The van der Waals surface area contributed by atoms with E-state index < -0.39 is 6.10 Å². The van der Waals surface area contributed by atoms with Gasteiger partial charge in [0, 0.05) is 12.6 Å². The van der Waals surface area contributed by atoms with Crippen molar-refractivity contribution in [1.29, 1.82) is 0 Å². The quantitative estimate of drug-likeness (QED) is 0.839. The highest BCUT2D eigenvalue weighted by Crippen LogP contribution is 2.21. The van der Waals surface area contributed by atoms with Gasteiger partial charge in [0.25, 0.3) is 5.78 Å². The fourth-order valence-electron chi connectivity index (χ4n) is 1.91. The molecule has 0 aromatic carbocycles. The predicted octanol–water partition coefficient (Wildman–Crippen LogP) is 1.99. The summed E-state index contributed by atoms with van der Waals surface area (Å²) in [5.74, 6) is 1.10. The number of nitrogens with zero attached hydrogens (tertiary/aromatic N) is 4. The van der Waals surface area contributed by atoms with Crippen LogP contribution in [0.15, 0.2) is 12.4 Å². The Labute approximate surface area is 116 Å². The fraction of sp³-hybridized carbons (Fsp3) is 0.583. The Morgan fingerprint density at radius 3 is 2.89 bits per heavy atom. The summed E-state index contributed by atoms with van der Waals surface area (Å²) in [6.07, 6.45) is 1.68. The van der Waals surface area contributed by atoms with E-state index in [9.17, 15) is 5.11 Å². The van der Waals surface area contributed by atoms with Crippen molar-refractivity contribution in [2.75, 3.05) is 11.9 Å². The lowest BCUT2D eigenvalue weighted by atomic mass is 9.89. The van der Waals surface area contributed by atoms with Gasteiger partial charge in [-0.3, -0.25) is 0 Å². The molecule has 0 saturated heterocycles. The van der Waals surface area contributed by atoms with Crippen molar-refractivity contribution < 1.29 is 5.11 Å². The Morgan fingerprint density at radius 2 is 2.21 bits per heavy atom. The third-order valence-corrected chi connectivity index (χ3v) is 2.78. The van der Waals surface area contributed by atoms with Crippen LogP contribution in [0.2, 0.25) is 5.15 Å². The van der Waals surface area contributed by atoms with Crippen molar-refractivity contribution >= 4 is 23.2 Å². The second-order valence-corrected chi connectivity index (χ2v) is 6.12. The van der Waals surface area contributed by atoms with Gasteiger partial charge in [0.05, 0.1) is 6.10 Å². The number of halogens is 1. The van der Waals surface area contributed by atoms with Gasteiger partial charge in [-0.15, -0.1) is 0 Å². The Bertz CT molecular complexity index is 563. The molecular weight excluding hydrogens is 266 g/mol. The molecule has 0 aliphatic heterocycles. The van der Waals surface area contributed by atoms with Gasteiger partial charge in [0.1, 0.15) is 17.3 Å². The lowest BCUT2D eigenvalue weighted by Crippen LogP contribution is -2.25. The minimum absolute atomic E-state index is 0.0829. The number of fused-ring (bicyclic) bond motifs is 1. The minimum Gasteiger partial charge on any atom is -0.391 e. The van der Waals surface area contributed by atoms with Gasteiger partial charge in [0.2, 0.25) is 0 Å². The van der Waals surface area contributed by atoms with Crippen LogP contribution in [0.25, 0.3) is 5.78 Å². The monoisotopic (exact) mass is 283 g/mol. The van der Waals surface area contributed by atoms with Gasteiger partial charge >= 0.3 is 0 Å². The summed E-state index contributed by atoms with van der Waals surface area (Å²) in [6, 6.07) is 1.66. The van der Waals surface area contributed by atoms with Crippen molar-refractivity contribution in [2.24, 2.45) is 5.41 Å². The molecule has 2 rings (SSSR count). The van der Waals surface area contributed by atoms with Crippen LogP contribution in [-0.4, -0.2) is 37.3 Å². The molecule has 0 radical (unpaired) electrons. The van der Waals surface area contributed by atoms with Crippen molar-refractivity contribution in [3.8, 4) is 0 Å². The number of anilines is 1. The zero-order chi connectivity index (χ0) is 14.0. The molecule has 0 saturated carbocycles. The van der Waals surface area contributed by atoms with Gasteiger partial charge in [-0.2, -0.15) is 19.6 Å². The zero-order valence-corrected chi connectivity index (χ0v) is 12.0. The van der Waals surface area contributed by atoms with Gasteiger partial charge < -0.3 is 10.4 Å². The van der Waals surface area contributed by atoms with Crippen LogP contribution in [0.4, 0.5) is 5.82 Å². The maximum atomic E-state index is 9.98. The van der Waals surface area contributed by atoms with Gasteiger partial charge in [0.15, 0.2) is 0 Å². The third-order valence-electron chi connectivity index (χ3n) is 2.59. The number of aliphatic hydroxyl groups excluding tert-OH is 1. The Balaban J connectivity index is 2.07. The molecule has 1 atom stereocenters. The molecule has 2 heterocycles. The second-order valence-electron chi connectivity index (χ2n) is 5.74. The summed E-state index contributed by atoms with van der Waals surface area (Å²) < 4.78 is 1.55. The first-order valence-electron chi connectivity index (χ1n) is 6.13. The maximum absolute atomic E-state index is 9.98. The SMILES string of the molecule is CC(C)(C)CC(O)CNc1cc(Cl)nc2ncnn12. The molecular formula is C12H18ClN5O. The first kappa shape index (κ1) is 14.0. The topological polar surface area (TPSA) is 75.3 Å². The van der Waals surface area contributed by atoms with Gasteiger partial charge in [-0.25, -0.2) is 0 Å². The van der Waals surface area contributed by atoms with Crippen LogP contribution in [0, 0.1) is 5.41 Å². The van der Waals surface area contributed by atoms with Crippen molar-refractivity contribution in [1.82, 2.24) is 19.6 Å². The highest BCUT2D eigenvalue weighted by molar-refractivity contribution is 6.29. The van der Waals surface area contributed by atoms with Crippen LogP contribution >= 0.6 is 11.6 Å². The maximum Gasteiger partial charge on any atom is 0.255 e. The Hall–Kier alpha value is -1.40. The first-order chi connectivity index (χ1) is 8.85. The average Bonchev–Trinajstić information content (AvgIpc) is 2.71. The number of aliphatic hydroxyl groups is 1. The van der Waals surface area contributed by atoms with Crippen molar-refractivity contribution in [2.45, 2.75) is 33.3 Å². The summed E-state index contributed by atoms with van der Waals surface area (Å²) in [6.45, 7) is 6.70. The lowest BCUT2D eigenvalue weighted by Gasteiger charge is -2.22. The van der Waals surface area contributed by atoms with Gasteiger partial charge in [-0.05, 0) is 11.8 Å². The first-order valence-corrected chi connectivity index (χ1v) is 6.51. The number of nitrogens with one attached hydrogen (secondary N) is 1. The van der Waals surface area contributed by atoms with Gasteiger partial charge in [-0.1, -0.05) is 32.4 Å². The van der Waals surface area contributed by atoms with Crippen molar-refractivity contribution in [3.63, 3.8) is 0 Å². The van der Waals surface area contributed by atoms with Crippen LogP contribution in [0.5, 0.6) is 0 Å². The van der Waals surface area contributed by atoms with E-state index in [1.165, 1.54) is 6.33 Å². The summed E-state index contributed by atoms with van der Waals surface area (Å²) in [5.41, 5.74) is 0.0829. The summed E-state index contributed by atoms with van der Waals surface area (Å²) >= 11 is 5.91. The standard InChI is InChI=1S/C12H18ClN5O/c1-12(2,3)5-8(19)6-14-10-4-9(13)17-11-15-7-16-18(10)11/h4,7-8,14,19H,5-6H2,1-3H3. The van der Waals surface area contributed by atoms with E-state index >= 15 is 0 Å². The third kappa shape index (κ3) is 3.78. The molecule has 0 bridgehead atoms. The zero-order valence-electron chi connectivity index (χ0n) is 11.3. The molecule has 0 aliphatic rings. The molecule has 0 fully saturated rings. The van der Waals surface area contributed by atoms with E-state index in [1.54, 1.807) is 10.6 Å². The normalized spacial score (nSPS) is 13.7. The molecule has 6 nitrogen and oxygen atoms in total. The fourth-order valence-corrected chi connectivity index (χ4v) is 2.09.